The molecule has 0 saturated heterocycles. The standard InChI is InChI=1S/C21H18N6O/c22-21-25-19(23-11-15-7-3-6-14-5-1-2-9-17(14)15)18-20(26-21)27(13-24-18)12-16-8-4-10-28-16/h1-10,13H,11-12H2,(H3,22,23,25,26). The van der Waals surface area contributed by atoms with E-state index in [0.717, 1.165) is 5.76 Å². The molecule has 0 unspecified atom stereocenters. The van der Waals surface area contributed by atoms with Gasteiger partial charge in [0, 0.05) is 6.54 Å². The van der Waals surface area contributed by atoms with Gasteiger partial charge >= 0.3 is 0 Å². The molecular weight excluding hydrogens is 352 g/mol. The summed E-state index contributed by atoms with van der Waals surface area (Å²) in [6.07, 6.45) is 3.37. The number of furan rings is 1. The van der Waals surface area contributed by atoms with Gasteiger partial charge in [0.2, 0.25) is 5.95 Å². The molecule has 0 radical (unpaired) electrons. The van der Waals surface area contributed by atoms with Gasteiger partial charge in [-0.25, -0.2) is 4.98 Å². The van der Waals surface area contributed by atoms with Gasteiger partial charge in [-0.2, -0.15) is 9.97 Å². The van der Waals surface area contributed by atoms with Gasteiger partial charge in [-0.1, -0.05) is 42.5 Å². The first-order valence-electron chi connectivity index (χ1n) is 8.99. The molecule has 3 aromatic heterocycles. The van der Waals surface area contributed by atoms with Crippen molar-refractivity contribution in [2.45, 2.75) is 13.1 Å². The number of nitrogens with zero attached hydrogens (tertiary/aromatic N) is 4. The number of fused-ring (bicyclic) bond motifs is 2. The Balaban J connectivity index is 1.48. The predicted octanol–water partition coefficient (Wildman–Crippen LogP) is 3.82. The van der Waals surface area contributed by atoms with Crippen molar-refractivity contribution < 1.29 is 4.42 Å². The summed E-state index contributed by atoms with van der Waals surface area (Å²) in [6.45, 7) is 1.14. The molecule has 0 spiro atoms. The highest BCUT2D eigenvalue weighted by Gasteiger charge is 2.13. The summed E-state index contributed by atoms with van der Waals surface area (Å²) in [5.41, 5.74) is 8.49. The molecule has 0 bridgehead atoms. The largest absolute Gasteiger partial charge is 0.467 e. The van der Waals surface area contributed by atoms with Gasteiger partial charge in [0.15, 0.2) is 17.0 Å². The van der Waals surface area contributed by atoms with Crippen LogP contribution in [0, 0.1) is 0 Å². The molecule has 0 saturated carbocycles. The molecule has 5 rings (SSSR count). The van der Waals surface area contributed by atoms with Gasteiger partial charge in [0.1, 0.15) is 5.76 Å². The highest BCUT2D eigenvalue weighted by molar-refractivity contribution is 5.87. The lowest BCUT2D eigenvalue weighted by Crippen LogP contribution is -2.07. The molecule has 0 aliphatic heterocycles. The Kier molecular flexibility index (Phi) is 3.90. The quantitative estimate of drug-likeness (QED) is 0.488. The minimum absolute atomic E-state index is 0.203. The summed E-state index contributed by atoms with van der Waals surface area (Å²) in [5, 5.41) is 5.79. The Labute approximate surface area is 160 Å². The number of hydrogen-bond acceptors (Lipinski definition) is 6. The number of nitrogens with two attached hydrogens (primary N) is 1. The van der Waals surface area contributed by atoms with E-state index in [1.807, 2.05) is 28.8 Å². The van der Waals surface area contributed by atoms with Crippen LogP contribution in [0.25, 0.3) is 21.9 Å². The van der Waals surface area contributed by atoms with Crippen molar-refractivity contribution in [3.8, 4) is 0 Å². The molecule has 7 heteroatoms. The highest BCUT2D eigenvalue weighted by atomic mass is 16.3. The molecule has 5 aromatic rings. The molecule has 7 nitrogen and oxygen atoms in total. The zero-order chi connectivity index (χ0) is 18.9. The third kappa shape index (κ3) is 2.92. The minimum atomic E-state index is 0.203. The zero-order valence-corrected chi connectivity index (χ0v) is 15.0. The number of aromatic nitrogens is 4. The van der Waals surface area contributed by atoms with Gasteiger partial charge < -0.3 is 20.0 Å². The van der Waals surface area contributed by atoms with Crippen molar-refractivity contribution in [1.82, 2.24) is 19.5 Å². The molecule has 138 valence electrons. The summed E-state index contributed by atoms with van der Waals surface area (Å²) in [6, 6.07) is 18.3. The lowest BCUT2D eigenvalue weighted by atomic mass is 10.0. The molecule has 3 N–H and O–H groups in total. The fraction of sp³-hybridized carbons (Fsp3) is 0.0952. The van der Waals surface area contributed by atoms with Crippen molar-refractivity contribution in [1.29, 1.82) is 0 Å². The van der Waals surface area contributed by atoms with Crippen molar-refractivity contribution in [2.24, 2.45) is 0 Å². The van der Waals surface area contributed by atoms with Crippen molar-refractivity contribution in [3.05, 3.63) is 78.5 Å². The van der Waals surface area contributed by atoms with E-state index in [4.69, 9.17) is 10.2 Å². The van der Waals surface area contributed by atoms with Crippen LogP contribution in [0.5, 0.6) is 0 Å². The Hall–Kier alpha value is -3.87. The lowest BCUT2D eigenvalue weighted by molar-refractivity contribution is 0.495. The Morgan fingerprint density at radius 1 is 1.00 bits per heavy atom. The number of nitrogen functional groups attached to an aromatic ring is 1. The van der Waals surface area contributed by atoms with E-state index >= 15 is 0 Å². The minimum Gasteiger partial charge on any atom is -0.467 e. The second-order valence-corrected chi connectivity index (χ2v) is 6.55. The number of imidazole rings is 1. The first-order valence-corrected chi connectivity index (χ1v) is 8.99. The van der Waals surface area contributed by atoms with Crippen molar-refractivity contribution in [2.75, 3.05) is 11.1 Å². The molecule has 0 aliphatic carbocycles. The molecule has 0 amide bonds. The number of nitrogens with one attached hydrogen (secondary N) is 1. The molecule has 28 heavy (non-hydrogen) atoms. The van der Waals surface area contributed by atoms with Crippen molar-refractivity contribution >= 4 is 33.7 Å². The smallest absolute Gasteiger partial charge is 0.224 e. The monoisotopic (exact) mass is 370 g/mol. The van der Waals surface area contributed by atoms with Crippen LogP contribution in [0.1, 0.15) is 11.3 Å². The summed E-state index contributed by atoms with van der Waals surface area (Å²) in [5.74, 6) is 1.64. The first kappa shape index (κ1) is 16.3. The number of anilines is 2. The lowest BCUT2D eigenvalue weighted by Gasteiger charge is -2.10. The van der Waals surface area contributed by atoms with E-state index in [1.165, 1.54) is 16.3 Å². The van der Waals surface area contributed by atoms with Crippen LogP contribution in [-0.4, -0.2) is 19.5 Å². The molecule has 0 atom stereocenters. The summed E-state index contributed by atoms with van der Waals surface area (Å²) in [7, 11) is 0. The third-order valence-electron chi connectivity index (χ3n) is 4.71. The van der Waals surface area contributed by atoms with Crippen LogP contribution in [-0.2, 0) is 13.1 Å². The van der Waals surface area contributed by atoms with Crippen LogP contribution in [0.4, 0.5) is 11.8 Å². The zero-order valence-electron chi connectivity index (χ0n) is 15.0. The van der Waals surface area contributed by atoms with Crippen LogP contribution in [0.15, 0.2) is 71.6 Å². The molecule has 2 aromatic carbocycles. The van der Waals surface area contributed by atoms with Gasteiger partial charge in [-0.15, -0.1) is 0 Å². The molecule has 0 fully saturated rings. The number of benzene rings is 2. The number of hydrogen-bond donors (Lipinski definition) is 2. The van der Waals surface area contributed by atoms with E-state index in [9.17, 15) is 0 Å². The van der Waals surface area contributed by atoms with E-state index in [1.54, 1.807) is 12.6 Å². The summed E-state index contributed by atoms with van der Waals surface area (Å²) < 4.78 is 7.32. The average molecular weight is 370 g/mol. The maximum atomic E-state index is 5.96. The topological polar surface area (TPSA) is 94.8 Å². The van der Waals surface area contributed by atoms with Gasteiger partial charge in [0.25, 0.3) is 0 Å². The molecule has 3 heterocycles. The average Bonchev–Trinajstić information content (AvgIpc) is 3.37. The fourth-order valence-electron chi connectivity index (χ4n) is 3.40. The predicted molar refractivity (Wildman–Crippen MR) is 109 cm³/mol. The SMILES string of the molecule is Nc1nc(NCc2cccc3ccccc23)c2ncn(Cc3ccco3)c2n1. The maximum absolute atomic E-state index is 5.96. The fourth-order valence-corrected chi connectivity index (χ4v) is 3.40. The Morgan fingerprint density at radius 2 is 1.89 bits per heavy atom. The van der Waals surface area contributed by atoms with E-state index in [2.05, 4.69) is 50.6 Å². The van der Waals surface area contributed by atoms with Gasteiger partial charge in [0.05, 0.1) is 19.1 Å². The Bertz CT molecular complexity index is 1250. The van der Waals surface area contributed by atoms with E-state index in [-0.39, 0.29) is 5.95 Å². The number of rotatable bonds is 5. The van der Waals surface area contributed by atoms with Crippen LogP contribution < -0.4 is 11.1 Å². The summed E-state index contributed by atoms with van der Waals surface area (Å²) in [4.78, 5) is 13.2. The van der Waals surface area contributed by atoms with E-state index < -0.39 is 0 Å². The van der Waals surface area contributed by atoms with Crippen LogP contribution in [0.2, 0.25) is 0 Å². The van der Waals surface area contributed by atoms with E-state index in [0.29, 0.717) is 30.1 Å². The second kappa shape index (κ2) is 6.70. The van der Waals surface area contributed by atoms with Gasteiger partial charge in [-0.05, 0) is 28.5 Å². The molecular formula is C21H18N6O. The second-order valence-electron chi connectivity index (χ2n) is 6.55. The highest BCUT2D eigenvalue weighted by Crippen LogP contribution is 2.23. The van der Waals surface area contributed by atoms with Gasteiger partial charge in [-0.3, -0.25) is 0 Å². The Morgan fingerprint density at radius 3 is 2.79 bits per heavy atom. The van der Waals surface area contributed by atoms with Crippen LogP contribution in [0.3, 0.4) is 0 Å². The first-order chi connectivity index (χ1) is 13.8. The normalized spacial score (nSPS) is 11.3. The third-order valence-corrected chi connectivity index (χ3v) is 4.71. The summed E-state index contributed by atoms with van der Waals surface area (Å²) >= 11 is 0. The van der Waals surface area contributed by atoms with Crippen molar-refractivity contribution in [3.63, 3.8) is 0 Å². The van der Waals surface area contributed by atoms with Crippen LogP contribution >= 0.6 is 0 Å². The molecule has 0 aliphatic rings. The maximum Gasteiger partial charge on any atom is 0.224 e.